The van der Waals surface area contributed by atoms with Gasteiger partial charge in [0.2, 0.25) is 0 Å². The summed E-state index contributed by atoms with van der Waals surface area (Å²) in [5.41, 5.74) is 0. The average Bonchev–Trinajstić information content (AvgIpc) is 2.40. The van der Waals surface area contributed by atoms with E-state index >= 15 is 0 Å². The van der Waals surface area contributed by atoms with Crippen molar-refractivity contribution in [2.75, 3.05) is 20.3 Å². The molecule has 1 aliphatic rings. The van der Waals surface area contributed by atoms with Crippen LogP contribution >= 0.6 is 0 Å². The highest BCUT2D eigenvalue weighted by molar-refractivity contribution is 4.86. The molecule has 3 heteroatoms. The van der Waals surface area contributed by atoms with Gasteiger partial charge in [0, 0.05) is 13.2 Å². The molecule has 0 heterocycles. The molecule has 0 aromatic carbocycles. The van der Waals surface area contributed by atoms with Crippen LogP contribution in [0.1, 0.15) is 52.9 Å². The monoisotopic (exact) mass is 257 g/mol. The summed E-state index contributed by atoms with van der Waals surface area (Å²) < 4.78 is 11.6. The summed E-state index contributed by atoms with van der Waals surface area (Å²) in [6.07, 6.45) is 6.59. The van der Waals surface area contributed by atoms with Crippen LogP contribution in [-0.4, -0.2) is 32.6 Å². The molecule has 0 bridgehead atoms. The molecule has 3 nitrogen and oxygen atoms in total. The third-order valence-corrected chi connectivity index (χ3v) is 4.24. The maximum absolute atomic E-state index is 5.80. The quantitative estimate of drug-likeness (QED) is 0.677. The third kappa shape index (κ3) is 4.22. The summed E-state index contributed by atoms with van der Waals surface area (Å²) in [6.45, 7) is 7.82. The van der Waals surface area contributed by atoms with E-state index in [4.69, 9.17) is 9.47 Å². The van der Waals surface area contributed by atoms with Crippen molar-refractivity contribution in [3.8, 4) is 0 Å². The SMILES string of the molecule is CCOC(OCC)C(NC)C1CCCCC1CC. The highest BCUT2D eigenvalue weighted by Gasteiger charge is 2.35. The lowest BCUT2D eigenvalue weighted by atomic mass is 9.74. The Hall–Kier alpha value is -0.120. The van der Waals surface area contributed by atoms with E-state index in [-0.39, 0.29) is 6.29 Å². The molecule has 0 aromatic heterocycles. The predicted molar refractivity (Wildman–Crippen MR) is 75.6 cm³/mol. The van der Waals surface area contributed by atoms with Crippen LogP contribution in [0.2, 0.25) is 0 Å². The Labute approximate surface area is 113 Å². The number of nitrogens with one attached hydrogen (secondary N) is 1. The lowest BCUT2D eigenvalue weighted by Gasteiger charge is -2.39. The zero-order valence-electron chi connectivity index (χ0n) is 12.6. The lowest BCUT2D eigenvalue weighted by molar-refractivity contribution is -0.167. The van der Waals surface area contributed by atoms with E-state index in [1.165, 1.54) is 32.1 Å². The molecular weight excluding hydrogens is 226 g/mol. The average molecular weight is 257 g/mol. The molecule has 1 rings (SSSR count). The van der Waals surface area contributed by atoms with Gasteiger partial charge in [-0.3, -0.25) is 0 Å². The van der Waals surface area contributed by atoms with E-state index in [1.807, 2.05) is 20.9 Å². The van der Waals surface area contributed by atoms with Gasteiger partial charge in [-0.15, -0.1) is 0 Å². The Morgan fingerprint density at radius 2 is 1.67 bits per heavy atom. The number of likely N-dealkylation sites (N-methyl/N-ethyl adjacent to an activating group) is 1. The molecule has 108 valence electrons. The minimum Gasteiger partial charge on any atom is -0.351 e. The van der Waals surface area contributed by atoms with Gasteiger partial charge < -0.3 is 14.8 Å². The summed E-state index contributed by atoms with van der Waals surface area (Å²) in [5.74, 6) is 1.51. The Morgan fingerprint density at radius 3 is 2.17 bits per heavy atom. The zero-order chi connectivity index (χ0) is 13.4. The first kappa shape index (κ1) is 15.9. The summed E-state index contributed by atoms with van der Waals surface area (Å²) >= 11 is 0. The number of ether oxygens (including phenoxy) is 2. The van der Waals surface area contributed by atoms with Crippen molar-refractivity contribution in [2.24, 2.45) is 11.8 Å². The van der Waals surface area contributed by atoms with Crippen LogP contribution in [-0.2, 0) is 9.47 Å². The van der Waals surface area contributed by atoms with Gasteiger partial charge in [0.05, 0.1) is 6.04 Å². The fraction of sp³-hybridized carbons (Fsp3) is 1.00. The highest BCUT2D eigenvalue weighted by atomic mass is 16.7. The second-order valence-corrected chi connectivity index (χ2v) is 5.21. The Kier molecular flexibility index (Phi) is 7.87. The van der Waals surface area contributed by atoms with Crippen molar-refractivity contribution in [3.05, 3.63) is 0 Å². The fourth-order valence-electron chi connectivity index (χ4n) is 3.35. The lowest BCUT2D eigenvalue weighted by Crippen LogP contribution is -2.49. The van der Waals surface area contributed by atoms with Gasteiger partial charge >= 0.3 is 0 Å². The van der Waals surface area contributed by atoms with E-state index in [0.29, 0.717) is 25.2 Å². The van der Waals surface area contributed by atoms with E-state index in [1.54, 1.807) is 0 Å². The van der Waals surface area contributed by atoms with Crippen LogP contribution in [0.3, 0.4) is 0 Å². The minimum atomic E-state index is -0.0952. The van der Waals surface area contributed by atoms with Gasteiger partial charge in [0.15, 0.2) is 6.29 Å². The van der Waals surface area contributed by atoms with E-state index in [9.17, 15) is 0 Å². The molecule has 1 aliphatic carbocycles. The van der Waals surface area contributed by atoms with Gasteiger partial charge in [0.1, 0.15) is 0 Å². The Morgan fingerprint density at radius 1 is 1.06 bits per heavy atom. The van der Waals surface area contributed by atoms with Crippen LogP contribution in [0.5, 0.6) is 0 Å². The first-order valence-corrected chi connectivity index (χ1v) is 7.68. The summed E-state index contributed by atoms with van der Waals surface area (Å²) in [4.78, 5) is 0. The van der Waals surface area contributed by atoms with Gasteiger partial charge in [-0.05, 0) is 39.2 Å². The molecule has 3 unspecified atom stereocenters. The van der Waals surface area contributed by atoms with Gasteiger partial charge in [-0.2, -0.15) is 0 Å². The first-order valence-electron chi connectivity index (χ1n) is 7.68. The Bertz CT molecular complexity index is 205. The predicted octanol–water partition coefficient (Wildman–Crippen LogP) is 3.19. The largest absolute Gasteiger partial charge is 0.351 e. The normalized spacial score (nSPS) is 26.5. The first-order chi connectivity index (χ1) is 8.78. The van der Waals surface area contributed by atoms with Crippen LogP contribution in [0.15, 0.2) is 0 Å². The molecule has 0 amide bonds. The molecule has 1 saturated carbocycles. The maximum atomic E-state index is 5.80. The van der Waals surface area contributed by atoms with Crippen molar-refractivity contribution in [1.82, 2.24) is 5.32 Å². The molecule has 1 fully saturated rings. The van der Waals surface area contributed by atoms with Crippen molar-refractivity contribution in [3.63, 3.8) is 0 Å². The molecule has 18 heavy (non-hydrogen) atoms. The zero-order valence-corrected chi connectivity index (χ0v) is 12.6. The second-order valence-electron chi connectivity index (χ2n) is 5.21. The van der Waals surface area contributed by atoms with E-state index in [0.717, 1.165) is 5.92 Å². The summed E-state index contributed by atoms with van der Waals surface area (Å²) in [5, 5.41) is 3.46. The van der Waals surface area contributed by atoms with E-state index < -0.39 is 0 Å². The molecule has 1 N–H and O–H groups in total. The van der Waals surface area contributed by atoms with Crippen molar-refractivity contribution in [2.45, 2.75) is 65.2 Å². The van der Waals surface area contributed by atoms with Crippen LogP contribution in [0, 0.1) is 11.8 Å². The van der Waals surface area contributed by atoms with Crippen LogP contribution in [0.25, 0.3) is 0 Å². The topological polar surface area (TPSA) is 30.5 Å². The van der Waals surface area contributed by atoms with Crippen molar-refractivity contribution in [1.29, 1.82) is 0 Å². The maximum Gasteiger partial charge on any atom is 0.172 e. The minimum absolute atomic E-state index is 0.0952. The second kappa shape index (κ2) is 8.89. The molecule has 0 spiro atoms. The molecule has 0 aromatic rings. The van der Waals surface area contributed by atoms with Crippen LogP contribution in [0.4, 0.5) is 0 Å². The number of hydrogen-bond acceptors (Lipinski definition) is 3. The number of hydrogen-bond donors (Lipinski definition) is 1. The van der Waals surface area contributed by atoms with Crippen LogP contribution < -0.4 is 5.32 Å². The Balaban J connectivity index is 2.70. The fourth-order valence-corrected chi connectivity index (χ4v) is 3.35. The smallest absolute Gasteiger partial charge is 0.172 e. The van der Waals surface area contributed by atoms with Gasteiger partial charge in [-0.1, -0.05) is 32.6 Å². The van der Waals surface area contributed by atoms with Gasteiger partial charge in [0.25, 0.3) is 0 Å². The summed E-state index contributed by atoms with van der Waals surface area (Å²) in [6, 6.07) is 0.329. The third-order valence-electron chi connectivity index (χ3n) is 4.24. The highest BCUT2D eigenvalue weighted by Crippen LogP contribution is 2.35. The standard InChI is InChI=1S/C15H31NO2/c1-5-12-10-8-9-11-13(12)14(16-4)15(17-6-2)18-7-3/h12-16H,5-11H2,1-4H3. The number of rotatable bonds is 8. The summed E-state index contributed by atoms with van der Waals surface area (Å²) in [7, 11) is 2.04. The molecule has 3 atom stereocenters. The van der Waals surface area contributed by atoms with Crippen molar-refractivity contribution < 1.29 is 9.47 Å². The van der Waals surface area contributed by atoms with Crippen molar-refractivity contribution >= 4 is 0 Å². The molecule has 0 aliphatic heterocycles. The molecule has 0 radical (unpaired) electrons. The molecular formula is C15H31NO2. The van der Waals surface area contributed by atoms with Gasteiger partial charge in [-0.25, -0.2) is 0 Å². The molecule has 0 saturated heterocycles. The van der Waals surface area contributed by atoms with E-state index in [2.05, 4.69) is 12.2 Å².